The van der Waals surface area contributed by atoms with Crippen molar-refractivity contribution in [3.05, 3.63) is 24.3 Å². The number of hydrogen-bond acceptors (Lipinski definition) is 4. The van der Waals surface area contributed by atoms with Gasteiger partial charge in [0, 0.05) is 12.1 Å². The molecule has 100 valence electrons. The Morgan fingerprint density at radius 1 is 1.22 bits per heavy atom. The lowest BCUT2D eigenvalue weighted by molar-refractivity contribution is 0.0847. The molecule has 2 rings (SSSR count). The van der Waals surface area contributed by atoms with E-state index in [0.29, 0.717) is 6.61 Å². The van der Waals surface area contributed by atoms with Crippen molar-refractivity contribution >= 4 is 0 Å². The maximum absolute atomic E-state index is 9.29. The average Bonchev–Trinajstić information content (AvgIpc) is 2.38. The molecule has 18 heavy (non-hydrogen) atoms. The molecule has 1 aromatic carbocycles. The standard InChI is InChI=1S/C14H21NO3/c1-17-12-3-5-13(6-4-12)18-10-9-15-14(11-16)7-2-8-14/h3-6,15-16H,2,7-11H2,1H3. The number of ether oxygens (including phenoxy) is 2. The first-order chi connectivity index (χ1) is 8.78. The van der Waals surface area contributed by atoms with Crippen molar-refractivity contribution in [3.8, 4) is 11.5 Å². The fraction of sp³-hybridized carbons (Fsp3) is 0.571. The van der Waals surface area contributed by atoms with Gasteiger partial charge in [0.2, 0.25) is 0 Å². The smallest absolute Gasteiger partial charge is 0.119 e. The number of methoxy groups -OCH3 is 1. The molecule has 2 N–H and O–H groups in total. The molecule has 0 saturated heterocycles. The molecule has 0 aromatic heterocycles. The fourth-order valence-corrected chi connectivity index (χ4v) is 2.15. The van der Waals surface area contributed by atoms with Crippen LogP contribution >= 0.6 is 0 Å². The minimum absolute atomic E-state index is 0.0384. The van der Waals surface area contributed by atoms with E-state index in [1.807, 2.05) is 24.3 Å². The van der Waals surface area contributed by atoms with Gasteiger partial charge in [0.1, 0.15) is 18.1 Å². The van der Waals surface area contributed by atoms with Gasteiger partial charge in [0.05, 0.1) is 13.7 Å². The molecule has 0 aliphatic heterocycles. The first kappa shape index (κ1) is 13.2. The van der Waals surface area contributed by atoms with Gasteiger partial charge in [-0.2, -0.15) is 0 Å². The number of benzene rings is 1. The second kappa shape index (κ2) is 6.07. The van der Waals surface area contributed by atoms with Crippen LogP contribution in [0.25, 0.3) is 0 Å². The van der Waals surface area contributed by atoms with Crippen molar-refractivity contribution in [2.45, 2.75) is 24.8 Å². The largest absolute Gasteiger partial charge is 0.497 e. The van der Waals surface area contributed by atoms with Gasteiger partial charge in [-0.15, -0.1) is 0 Å². The van der Waals surface area contributed by atoms with Crippen molar-refractivity contribution in [1.82, 2.24) is 5.32 Å². The Morgan fingerprint density at radius 3 is 2.39 bits per heavy atom. The third-order valence-corrected chi connectivity index (χ3v) is 3.54. The summed E-state index contributed by atoms with van der Waals surface area (Å²) in [6, 6.07) is 7.54. The van der Waals surface area contributed by atoms with E-state index in [1.54, 1.807) is 7.11 Å². The summed E-state index contributed by atoms with van der Waals surface area (Å²) in [5.41, 5.74) is -0.0384. The van der Waals surface area contributed by atoms with E-state index in [1.165, 1.54) is 6.42 Å². The molecular weight excluding hydrogens is 230 g/mol. The van der Waals surface area contributed by atoms with Gasteiger partial charge in [-0.05, 0) is 43.5 Å². The van der Waals surface area contributed by atoms with E-state index >= 15 is 0 Å². The van der Waals surface area contributed by atoms with Crippen LogP contribution in [-0.2, 0) is 0 Å². The molecule has 0 radical (unpaired) electrons. The zero-order chi connectivity index (χ0) is 12.8. The number of nitrogens with one attached hydrogen (secondary N) is 1. The molecule has 1 aliphatic carbocycles. The van der Waals surface area contributed by atoms with Crippen LogP contribution in [0, 0.1) is 0 Å². The zero-order valence-corrected chi connectivity index (χ0v) is 10.8. The molecule has 0 amide bonds. The summed E-state index contributed by atoms with van der Waals surface area (Å²) in [5.74, 6) is 1.67. The minimum atomic E-state index is -0.0384. The Bertz CT molecular complexity index is 354. The summed E-state index contributed by atoms with van der Waals surface area (Å²) < 4.78 is 10.7. The molecule has 1 saturated carbocycles. The summed E-state index contributed by atoms with van der Waals surface area (Å²) in [7, 11) is 1.65. The van der Waals surface area contributed by atoms with Gasteiger partial charge in [-0.25, -0.2) is 0 Å². The Labute approximate surface area is 108 Å². The van der Waals surface area contributed by atoms with Crippen molar-refractivity contribution in [2.75, 3.05) is 26.9 Å². The van der Waals surface area contributed by atoms with Gasteiger partial charge in [0.15, 0.2) is 0 Å². The predicted octanol–water partition coefficient (Wildman–Crippen LogP) is 1.58. The van der Waals surface area contributed by atoms with Crippen LogP contribution in [0.1, 0.15) is 19.3 Å². The molecule has 1 aliphatic rings. The van der Waals surface area contributed by atoms with Crippen LogP contribution in [0.2, 0.25) is 0 Å². The van der Waals surface area contributed by atoms with Gasteiger partial charge in [-0.3, -0.25) is 0 Å². The van der Waals surface area contributed by atoms with E-state index in [-0.39, 0.29) is 12.1 Å². The van der Waals surface area contributed by atoms with Gasteiger partial charge < -0.3 is 19.9 Å². The second-order valence-electron chi connectivity index (χ2n) is 4.74. The molecule has 0 bridgehead atoms. The third-order valence-electron chi connectivity index (χ3n) is 3.54. The number of rotatable bonds is 7. The van der Waals surface area contributed by atoms with Crippen molar-refractivity contribution in [3.63, 3.8) is 0 Å². The predicted molar refractivity (Wildman–Crippen MR) is 70.2 cm³/mol. The molecule has 4 heteroatoms. The zero-order valence-electron chi connectivity index (χ0n) is 10.8. The van der Waals surface area contributed by atoms with Gasteiger partial charge in [-0.1, -0.05) is 0 Å². The molecule has 1 aromatic rings. The summed E-state index contributed by atoms with van der Waals surface area (Å²) in [5, 5.41) is 12.7. The number of hydrogen-bond donors (Lipinski definition) is 2. The van der Waals surface area contributed by atoms with Crippen LogP contribution in [0.15, 0.2) is 24.3 Å². The van der Waals surface area contributed by atoms with Crippen molar-refractivity contribution < 1.29 is 14.6 Å². The first-order valence-corrected chi connectivity index (χ1v) is 6.41. The second-order valence-corrected chi connectivity index (χ2v) is 4.74. The Morgan fingerprint density at radius 2 is 1.89 bits per heavy atom. The molecule has 1 fully saturated rings. The molecular formula is C14H21NO3. The minimum Gasteiger partial charge on any atom is -0.497 e. The van der Waals surface area contributed by atoms with E-state index in [2.05, 4.69) is 5.32 Å². The van der Waals surface area contributed by atoms with Crippen molar-refractivity contribution in [1.29, 1.82) is 0 Å². The summed E-state index contributed by atoms with van der Waals surface area (Å²) in [6.45, 7) is 1.58. The van der Waals surface area contributed by atoms with Crippen LogP contribution in [0.3, 0.4) is 0 Å². The average molecular weight is 251 g/mol. The molecule has 0 spiro atoms. The number of aliphatic hydroxyl groups is 1. The SMILES string of the molecule is COc1ccc(OCCNC2(CO)CCC2)cc1. The van der Waals surface area contributed by atoms with E-state index in [9.17, 15) is 5.11 Å². The fourth-order valence-electron chi connectivity index (χ4n) is 2.15. The lowest BCUT2D eigenvalue weighted by atomic mass is 9.77. The van der Waals surface area contributed by atoms with E-state index in [4.69, 9.17) is 9.47 Å². The maximum atomic E-state index is 9.29. The van der Waals surface area contributed by atoms with Gasteiger partial charge in [0.25, 0.3) is 0 Å². The highest BCUT2D eigenvalue weighted by Gasteiger charge is 2.35. The quantitative estimate of drug-likeness (QED) is 0.722. The summed E-state index contributed by atoms with van der Waals surface area (Å²) >= 11 is 0. The van der Waals surface area contributed by atoms with Crippen molar-refractivity contribution in [2.24, 2.45) is 0 Å². The third kappa shape index (κ3) is 3.15. The van der Waals surface area contributed by atoms with Crippen LogP contribution in [0.4, 0.5) is 0 Å². The number of aliphatic hydroxyl groups excluding tert-OH is 1. The lowest BCUT2D eigenvalue weighted by Gasteiger charge is -2.41. The maximum Gasteiger partial charge on any atom is 0.119 e. The van der Waals surface area contributed by atoms with Gasteiger partial charge >= 0.3 is 0 Å². The summed E-state index contributed by atoms with van der Waals surface area (Å²) in [4.78, 5) is 0. The molecule has 0 unspecified atom stereocenters. The molecule has 0 atom stereocenters. The molecule has 4 nitrogen and oxygen atoms in total. The Hall–Kier alpha value is -1.26. The van der Waals surface area contributed by atoms with Crippen LogP contribution in [0.5, 0.6) is 11.5 Å². The van der Waals surface area contributed by atoms with E-state index in [0.717, 1.165) is 30.9 Å². The normalized spacial score (nSPS) is 17.0. The first-order valence-electron chi connectivity index (χ1n) is 6.41. The summed E-state index contributed by atoms with van der Waals surface area (Å²) in [6.07, 6.45) is 3.32. The highest BCUT2D eigenvalue weighted by atomic mass is 16.5. The van der Waals surface area contributed by atoms with E-state index < -0.39 is 0 Å². The van der Waals surface area contributed by atoms with Crippen LogP contribution < -0.4 is 14.8 Å². The Balaban J connectivity index is 1.68. The topological polar surface area (TPSA) is 50.7 Å². The van der Waals surface area contributed by atoms with Crippen LogP contribution in [-0.4, -0.2) is 37.5 Å². The monoisotopic (exact) mass is 251 g/mol. The lowest BCUT2D eigenvalue weighted by Crippen LogP contribution is -2.54. The molecule has 0 heterocycles. The highest BCUT2D eigenvalue weighted by Crippen LogP contribution is 2.30. The Kier molecular flexibility index (Phi) is 4.44. The highest BCUT2D eigenvalue weighted by molar-refractivity contribution is 5.31.